The Bertz CT molecular complexity index is 453. The minimum Gasteiger partial charge on any atom is -0.0721 e. The van der Waals surface area contributed by atoms with Crippen LogP contribution >= 0.6 is 0 Å². The maximum absolute atomic E-state index is 2.49. The average Bonchev–Trinajstić information content (AvgIpc) is 2.79. The van der Waals surface area contributed by atoms with Crippen LogP contribution in [0.3, 0.4) is 0 Å². The van der Waals surface area contributed by atoms with E-state index in [1.165, 1.54) is 62.5 Å². The van der Waals surface area contributed by atoms with E-state index in [0.29, 0.717) is 0 Å². The lowest BCUT2D eigenvalue weighted by Crippen LogP contribution is -2.05. The van der Waals surface area contributed by atoms with Crippen LogP contribution in [0.15, 0.2) is 18.2 Å². The Balaban J connectivity index is 1.80. The molecule has 0 saturated carbocycles. The number of benzene rings is 1. The van der Waals surface area contributed by atoms with Crippen molar-refractivity contribution in [2.75, 3.05) is 0 Å². The highest BCUT2D eigenvalue weighted by Crippen LogP contribution is 2.36. The van der Waals surface area contributed by atoms with E-state index in [0.717, 1.165) is 0 Å². The summed E-state index contributed by atoms with van der Waals surface area (Å²) in [6, 6.07) is 4.94. The summed E-state index contributed by atoms with van der Waals surface area (Å²) in [6.07, 6.45) is 15.3. The molecule has 2 aliphatic carbocycles. The van der Waals surface area contributed by atoms with Crippen LogP contribution in [0.1, 0.15) is 67.7 Å². The topological polar surface area (TPSA) is 0 Å². The summed E-state index contributed by atoms with van der Waals surface area (Å²) in [4.78, 5) is 0. The van der Waals surface area contributed by atoms with Gasteiger partial charge in [0.05, 0.1) is 0 Å². The standard InChI is InChI=1S/C18H23/c1-2-3-4-7-14-10-11-17-12-15-8-5-6-9-16(15)13-18(14)17/h10-13H,2-9H2,1H3. The van der Waals surface area contributed by atoms with Gasteiger partial charge in [-0.1, -0.05) is 50.5 Å². The quantitative estimate of drug-likeness (QED) is 0.642. The lowest BCUT2D eigenvalue weighted by atomic mass is 9.86. The molecular weight excluding hydrogens is 216 g/mol. The number of rotatable bonds is 4. The third kappa shape index (κ3) is 2.25. The van der Waals surface area contributed by atoms with E-state index >= 15 is 0 Å². The van der Waals surface area contributed by atoms with Crippen LogP contribution in [0.25, 0.3) is 6.08 Å². The van der Waals surface area contributed by atoms with E-state index in [1.54, 1.807) is 17.0 Å². The first-order valence-electron chi connectivity index (χ1n) is 7.58. The van der Waals surface area contributed by atoms with Crippen molar-refractivity contribution in [2.24, 2.45) is 0 Å². The molecule has 3 rings (SSSR count). The Hall–Kier alpha value is -1.04. The summed E-state index contributed by atoms with van der Waals surface area (Å²) in [5.41, 5.74) is 6.24. The van der Waals surface area contributed by atoms with Crippen LogP contribution < -0.4 is 0 Å². The maximum Gasteiger partial charge on any atom is 0.0273 e. The van der Waals surface area contributed by atoms with Gasteiger partial charge in [-0.05, 0) is 54.4 Å². The maximum atomic E-state index is 2.49. The van der Waals surface area contributed by atoms with Crippen molar-refractivity contribution in [1.82, 2.24) is 0 Å². The number of hydrogen-bond donors (Lipinski definition) is 0. The molecule has 0 N–H and O–H groups in total. The first-order valence-corrected chi connectivity index (χ1v) is 7.58. The van der Waals surface area contributed by atoms with E-state index in [1.807, 2.05) is 0 Å². The van der Waals surface area contributed by atoms with Crippen molar-refractivity contribution < 1.29 is 0 Å². The Morgan fingerprint density at radius 3 is 2.50 bits per heavy atom. The van der Waals surface area contributed by atoms with Gasteiger partial charge in [0.15, 0.2) is 0 Å². The third-order valence-corrected chi connectivity index (χ3v) is 4.37. The molecule has 18 heavy (non-hydrogen) atoms. The molecule has 1 aromatic carbocycles. The molecule has 1 aromatic rings. The second kappa shape index (κ2) is 5.30. The number of allylic oxidation sites excluding steroid dienone is 1. The highest BCUT2D eigenvalue weighted by Gasteiger charge is 2.20. The van der Waals surface area contributed by atoms with E-state index < -0.39 is 0 Å². The zero-order valence-corrected chi connectivity index (χ0v) is 11.5. The first-order chi connectivity index (χ1) is 8.88. The Labute approximate surface area is 111 Å². The van der Waals surface area contributed by atoms with Gasteiger partial charge in [0.1, 0.15) is 0 Å². The molecule has 0 heterocycles. The number of fused-ring (bicyclic) bond motifs is 2. The second-order valence-corrected chi connectivity index (χ2v) is 5.73. The monoisotopic (exact) mass is 239 g/mol. The molecule has 95 valence electrons. The van der Waals surface area contributed by atoms with Crippen molar-refractivity contribution in [2.45, 2.75) is 58.3 Å². The van der Waals surface area contributed by atoms with Gasteiger partial charge in [0.25, 0.3) is 0 Å². The lowest BCUT2D eigenvalue weighted by Gasteiger charge is -2.19. The lowest BCUT2D eigenvalue weighted by molar-refractivity contribution is 0.681. The van der Waals surface area contributed by atoms with Gasteiger partial charge in [0, 0.05) is 5.92 Å². The van der Waals surface area contributed by atoms with E-state index in [-0.39, 0.29) is 0 Å². The molecule has 0 nitrogen and oxygen atoms in total. The average molecular weight is 239 g/mol. The Morgan fingerprint density at radius 1 is 0.944 bits per heavy atom. The molecule has 0 unspecified atom stereocenters. The van der Waals surface area contributed by atoms with Gasteiger partial charge < -0.3 is 0 Å². The molecule has 0 heteroatoms. The predicted octanol–water partition coefficient (Wildman–Crippen LogP) is 5.10. The summed E-state index contributed by atoms with van der Waals surface area (Å²) in [5.74, 6) is 1.58. The third-order valence-electron chi connectivity index (χ3n) is 4.37. The molecular formula is C18H23. The van der Waals surface area contributed by atoms with Gasteiger partial charge in [-0.25, -0.2) is 0 Å². The van der Waals surface area contributed by atoms with Gasteiger partial charge in [0.2, 0.25) is 0 Å². The van der Waals surface area contributed by atoms with Crippen molar-refractivity contribution in [3.8, 4) is 0 Å². The second-order valence-electron chi connectivity index (χ2n) is 5.73. The van der Waals surface area contributed by atoms with Crippen molar-refractivity contribution in [3.05, 3.63) is 46.4 Å². The highest BCUT2D eigenvalue weighted by atomic mass is 14.2. The van der Waals surface area contributed by atoms with Crippen molar-refractivity contribution in [3.63, 3.8) is 0 Å². The predicted molar refractivity (Wildman–Crippen MR) is 78.6 cm³/mol. The van der Waals surface area contributed by atoms with E-state index in [4.69, 9.17) is 0 Å². The molecule has 0 fully saturated rings. The minimum atomic E-state index is 1.26. The van der Waals surface area contributed by atoms with Gasteiger partial charge in [-0.2, -0.15) is 0 Å². The largest absolute Gasteiger partial charge is 0.0721 e. The zero-order chi connectivity index (χ0) is 12.4. The van der Waals surface area contributed by atoms with Gasteiger partial charge in [-0.15, -0.1) is 0 Å². The van der Waals surface area contributed by atoms with E-state index in [2.05, 4.69) is 31.2 Å². The number of unbranched alkanes of at least 4 members (excludes halogenated alkanes) is 2. The van der Waals surface area contributed by atoms with Crippen molar-refractivity contribution >= 4 is 6.08 Å². The van der Waals surface area contributed by atoms with Gasteiger partial charge >= 0.3 is 0 Å². The van der Waals surface area contributed by atoms with Crippen LogP contribution in [0, 0.1) is 5.92 Å². The Morgan fingerprint density at radius 2 is 1.72 bits per heavy atom. The summed E-state index contributed by atoms with van der Waals surface area (Å²) >= 11 is 0. The molecule has 0 aliphatic heterocycles. The van der Waals surface area contributed by atoms with Crippen LogP contribution in [0.5, 0.6) is 0 Å². The fourth-order valence-electron chi connectivity index (χ4n) is 3.28. The smallest absolute Gasteiger partial charge is 0.0273 e. The molecule has 2 aliphatic rings. The molecule has 1 radical (unpaired) electrons. The molecule has 0 amide bonds. The fraction of sp³-hybridized carbons (Fsp3) is 0.500. The normalized spacial score (nSPS) is 17.8. The molecule has 0 atom stereocenters. The van der Waals surface area contributed by atoms with Crippen LogP contribution in [0.2, 0.25) is 0 Å². The summed E-state index contributed by atoms with van der Waals surface area (Å²) in [7, 11) is 0. The summed E-state index contributed by atoms with van der Waals surface area (Å²) < 4.78 is 0. The van der Waals surface area contributed by atoms with E-state index in [9.17, 15) is 0 Å². The molecule has 0 aromatic heterocycles. The summed E-state index contributed by atoms with van der Waals surface area (Å²) in [6.45, 7) is 2.28. The minimum absolute atomic E-state index is 1.26. The van der Waals surface area contributed by atoms with Crippen LogP contribution in [-0.4, -0.2) is 0 Å². The van der Waals surface area contributed by atoms with Crippen molar-refractivity contribution in [1.29, 1.82) is 0 Å². The fourth-order valence-corrected chi connectivity index (χ4v) is 3.28. The van der Waals surface area contributed by atoms with Crippen LogP contribution in [-0.2, 0) is 12.8 Å². The SMILES string of the molecule is CCCCC[C]1C=Cc2cc3c(cc21)CCCC3. The number of hydrogen-bond acceptors (Lipinski definition) is 0. The molecule has 0 saturated heterocycles. The molecule has 0 bridgehead atoms. The van der Waals surface area contributed by atoms with Gasteiger partial charge in [-0.3, -0.25) is 0 Å². The zero-order valence-electron chi connectivity index (χ0n) is 11.5. The molecule has 0 spiro atoms. The first kappa shape index (κ1) is 12.0. The number of aryl methyl sites for hydroxylation is 2. The summed E-state index contributed by atoms with van der Waals surface area (Å²) in [5, 5.41) is 0. The van der Waals surface area contributed by atoms with Crippen LogP contribution in [0.4, 0.5) is 0 Å². The Kier molecular flexibility index (Phi) is 3.54. The highest BCUT2D eigenvalue weighted by molar-refractivity contribution is 5.70.